The number of alkyl carbamates (subject to hydrolysis) is 1. The van der Waals surface area contributed by atoms with Crippen LogP contribution in [0.1, 0.15) is 40.0 Å². The largest absolute Gasteiger partial charge is 0.481 e. The normalized spacial score (nSPS) is 21.5. The van der Waals surface area contributed by atoms with E-state index in [1.54, 1.807) is 20.8 Å². The van der Waals surface area contributed by atoms with Gasteiger partial charge in [0, 0.05) is 18.6 Å². The first kappa shape index (κ1) is 15.8. The van der Waals surface area contributed by atoms with Crippen molar-refractivity contribution in [3.05, 3.63) is 0 Å². The van der Waals surface area contributed by atoms with Crippen molar-refractivity contribution < 1.29 is 24.2 Å². The van der Waals surface area contributed by atoms with E-state index in [2.05, 4.69) is 5.32 Å². The van der Waals surface area contributed by atoms with Gasteiger partial charge in [-0.05, 0) is 33.6 Å². The van der Waals surface area contributed by atoms with E-state index in [4.69, 9.17) is 14.6 Å². The zero-order valence-electron chi connectivity index (χ0n) is 11.8. The molecule has 0 spiro atoms. The molecule has 1 unspecified atom stereocenters. The first-order valence-corrected chi connectivity index (χ1v) is 6.57. The highest BCUT2D eigenvalue weighted by Gasteiger charge is 2.29. The van der Waals surface area contributed by atoms with Gasteiger partial charge in [-0.25, -0.2) is 4.79 Å². The van der Waals surface area contributed by atoms with Crippen LogP contribution in [0.2, 0.25) is 0 Å². The number of carboxylic acid groups (broad SMARTS) is 1. The zero-order valence-corrected chi connectivity index (χ0v) is 11.8. The van der Waals surface area contributed by atoms with Crippen LogP contribution in [0.25, 0.3) is 0 Å². The highest BCUT2D eigenvalue weighted by molar-refractivity contribution is 5.71. The quantitative estimate of drug-likeness (QED) is 0.815. The highest BCUT2D eigenvalue weighted by Crippen LogP contribution is 2.20. The summed E-state index contributed by atoms with van der Waals surface area (Å²) in [6, 6.07) is -0.451. The lowest BCUT2D eigenvalue weighted by molar-refractivity contribution is -0.138. The monoisotopic (exact) mass is 273 g/mol. The van der Waals surface area contributed by atoms with Crippen molar-refractivity contribution in [3.63, 3.8) is 0 Å². The van der Waals surface area contributed by atoms with Crippen LogP contribution < -0.4 is 5.32 Å². The van der Waals surface area contributed by atoms with Crippen LogP contribution in [0.5, 0.6) is 0 Å². The number of carboxylic acids is 1. The summed E-state index contributed by atoms with van der Waals surface area (Å²) in [6.45, 7) is 6.48. The summed E-state index contributed by atoms with van der Waals surface area (Å²) in [5, 5.41) is 11.6. The van der Waals surface area contributed by atoms with Crippen molar-refractivity contribution in [2.75, 3.05) is 13.2 Å². The summed E-state index contributed by atoms with van der Waals surface area (Å²) < 4.78 is 10.5. The molecular formula is C13H23NO5. The minimum Gasteiger partial charge on any atom is -0.481 e. The van der Waals surface area contributed by atoms with Gasteiger partial charge in [-0.2, -0.15) is 0 Å². The third-order valence-corrected chi connectivity index (χ3v) is 2.86. The van der Waals surface area contributed by atoms with Crippen LogP contribution in [-0.4, -0.2) is 42.0 Å². The van der Waals surface area contributed by atoms with Crippen molar-refractivity contribution in [2.24, 2.45) is 5.92 Å². The fourth-order valence-electron chi connectivity index (χ4n) is 2.07. The molecule has 0 radical (unpaired) electrons. The molecule has 1 fully saturated rings. The highest BCUT2D eigenvalue weighted by atomic mass is 16.6. The Morgan fingerprint density at radius 1 is 1.47 bits per heavy atom. The molecule has 2 atom stereocenters. The van der Waals surface area contributed by atoms with Crippen molar-refractivity contribution >= 4 is 12.1 Å². The maximum Gasteiger partial charge on any atom is 0.407 e. The van der Waals surface area contributed by atoms with Gasteiger partial charge in [0.05, 0.1) is 13.0 Å². The number of carbonyl (C=O) groups excluding carboxylic acids is 1. The van der Waals surface area contributed by atoms with Gasteiger partial charge in [0.2, 0.25) is 0 Å². The molecular weight excluding hydrogens is 250 g/mol. The van der Waals surface area contributed by atoms with E-state index in [0.717, 1.165) is 12.8 Å². The van der Waals surface area contributed by atoms with Gasteiger partial charge in [0.1, 0.15) is 5.60 Å². The lowest BCUT2D eigenvalue weighted by Crippen LogP contribution is -2.46. The third kappa shape index (κ3) is 6.42. The lowest BCUT2D eigenvalue weighted by Gasteiger charge is -2.30. The van der Waals surface area contributed by atoms with E-state index in [1.165, 1.54) is 0 Å². The Morgan fingerprint density at radius 2 is 2.16 bits per heavy atom. The van der Waals surface area contributed by atoms with Crippen LogP contribution >= 0.6 is 0 Å². The number of hydrogen-bond acceptors (Lipinski definition) is 4. The molecule has 0 bridgehead atoms. The summed E-state index contributed by atoms with van der Waals surface area (Å²) >= 11 is 0. The van der Waals surface area contributed by atoms with E-state index >= 15 is 0 Å². The maximum absolute atomic E-state index is 11.7. The van der Waals surface area contributed by atoms with Crippen LogP contribution in [0.3, 0.4) is 0 Å². The summed E-state index contributed by atoms with van der Waals surface area (Å²) in [5.74, 6) is -0.913. The number of nitrogens with one attached hydrogen (secondary N) is 1. The summed E-state index contributed by atoms with van der Waals surface area (Å²) in [7, 11) is 0. The molecule has 110 valence electrons. The van der Waals surface area contributed by atoms with E-state index < -0.39 is 23.7 Å². The van der Waals surface area contributed by atoms with E-state index in [-0.39, 0.29) is 12.3 Å². The van der Waals surface area contributed by atoms with E-state index in [9.17, 15) is 9.59 Å². The standard InChI is InChI=1S/C13H23NO5/c1-13(2,3)19-12(17)14-10(7-11(15)16)9-5-4-6-18-8-9/h9-10H,4-8H2,1-3H3,(H,14,17)(H,15,16)/t9?,10-/m0/s1. The van der Waals surface area contributed by atoms with Gasteiger partial charge in [-0.3, -0.25) is 4.79 Å². The minimum atomic E-state index is -0.938. The number of ether oxygens (including phenoxy) is 2. The Bertz CT molecular complexity index is 317. The molecule has 0 saturated carbocycles. The minimum absolute atomic E-state index is 0.0253. The first-order valence-electron chi connectivity index (χ1n) is 6.57. The van der Waals surface area contributed by atoms with Gasteiger partial charge >= 0.3 is 12.1 Å². The number of aliphatic carboxylic acids is 1. The SMILES string of the molecule is CC(C)(C)OC(=O)N[C@@H](CC(=O)O)C1CCCOC1. The van der Waals surface area contributed by atoms with Gasteiger partial charge in [0.15, 0.2) is 0 Å². The van der Waals surface area contributed by atoms with Gasteiger partial charge < -0.3 is 19.9 Å². The van der Waals surface area contributed by atoms with Crippen molar-refractivity contribution in [3.8, 4) is 0 Å². The molecule has 0 aromatic rings. The summed E-state index contributed by atoms with van der Waals surface area (Å²) in [4.78, 5) is 22.6. The fraction of sp³-hybridized carbons (Fsp3) is 0.846. The molecule has 6 nitrogen and oxygen atoms in total. The molecule has 1 aliphatic heterocycles. The molecule has 1 amide bonds. The van der Waals surface area contributed by atoms with E-state index in [1.807, 2.05) is 0 Å². The molecule has 1 saturated heterocycles. The molecule has 1 rings (SSSR count). The van der Waals surface area contributed by atoms with Gasteiger partial charge in [-0.15, -0.1) is 0 Å². The second-order valence-electron chi connectivity index (χ2n) is 5.83. The van der Waals surface area contributed by atoms with Crippen LogP contribution in [-0.2, 0) is 14.3 Å². The molecule has 1 heterocycles. The van der Waals surface area contributed by atoms with E-state index in [0.29, 0.717) is 13.2 Å². The summed E-state index contributed by atoms with van der Waals surface area (Å²) in [5.41, 5.74) is -0.596. The second kappa shape index (κ2) is 6.75. The number of amides is 1. The Labute approximate surface area is 113 Å². The third-order valence-electron chi connectivity index (χ3n) is 2.86. The fourth-order valence-corrected chi connectivity index (χ4v) is 2.07. The van der Waals surface area contributed by atoms with Gasteiger partial charge in [0.25, 0.3) is 0 Å². The number of rotatable bonds is 4. The average Bonchev–Trinajstić information content (AvgIpc) is 2.26. The predicted octanol–water partition coefficient (Wildman–Crippen LogP) is 1.78. The Balaban J connectivity index is 2.58. The zero-order chi connectivity index (χ0) is 14.5. The topological polar surface area (TPSA) is 84.9 Å². The molecule has 19 heavy (non-hydrogen) atoms. The molecule has 0 aliphatic carbocycles. The molecule has 6 heteroatoms. The molecule has 1 aliphatic rings. The lowest BCUT2D eigenvalue weighted by atomic mass is 9.91. The second-order valence-corrected chi connectivity index (χ2v) is 5.83. The van der Waals surface area contributed by atoms with Crippen molar-refractivity contribution in [1.29, 1.82) is 0 Å². The Hall–Kier alpha value is -1.30. The molecule has 0 aromatic carbocycles. The number of hydrogen-bond donors (Lipinski definition) is 2. The van der Waals surface area contributed by atoms with Crippen molar-refractivity contribution in [2.45, 2.75) is 51.7 Å². The first-order chi connectivity index (χ1) is 8.78. The Morgan fingerprint density at radius 3 is 2.63 bits per heavy atom. The maximum atomic E-state index is 11.7. The summed E-state index contributed by atoms with van der Waals surface area (Å²) in [6.07, 6.45) is 1.04. The van der Waals surface area contributed by atoms with Crippen LogP contribution in [0.15, 0.2) is 0 Å². The number of carbonyl (C=O) groups is 2. The smallest absolute Gasteiger partial charge is 0.407 e. The van der Waals surface area contributed by atoms with Crippen LogP contribution in [0.4, 0.5) is 4.79 Å². The van der Waals surface area contributed by atoms with Crippen molar-refractivity contribution in [1.82, 2.24) is 5.32 Å². The van der Waals surface area contributed by atoms with Gasteiger partial charge in [-0.1, -0.05) is 0 Å². The molecule has 2 N–H and O–H groups in total. The average molecular weight is 273 g/mol. The molecule has 0 aromatic heterocycles. The Kier molecular flexibility index (Phi) is 5.60. The van der Waals surface area contributed by atoms with Crippen LogP contribution in [0, 0.1) is 5.92 Å². The predicted molar refractivity (Wildman–Crippen MR) is 69.0 cm³/mol.